The fourth-order valence-electron chi connectivity index (χ4n) is 11.3. The molecule has 0 unspecified atom stereocenters. The van der Waals surface area contributed by atoms with Gasteiger partial charge in [-0.3, -0.25) is 0 Å². The Balaban J connectivity index is 0.000000178. The Hall–Kier alpha value is -7.22. The summed E-state index contributed by atoms with van der Waals surface area (Å²) in [7, 11) is 0. The van der Waals surface area contributed by atoms with Gasteiger partial charge in [0.15, 0.2) is 0 Å². The molecule has 1 saturated carbocycles. The van der Waals surface area contributed by atoms with Crippen LogP contribution in [0.4, 0.5) is 51.2 Å². The van der Waals surface area contributed by atoms with E-state index in [0.717, 1.165) is 54.2 Å². The molecule has 1 radical (unpaired) electrons. The first-order valence-electron chi connectivity index (χ1n) is 26.9. The van der Waals surface area contributed by atoms with Crippen molar-refractivity contribution in [3.63, 3.8) is 0 Å². The maximum atomic E-state index is 6.49. The minimum absolute atomic E-state index is 0. The molecule has 9 nitrogen and oxygen atoms in total. The molecule has 0 saturated heterocycles. The second kappa shape index (κ2) is 25.3. The Bertz CT molecular complexity index is 3350. The van der Waals surface area contributed by atoms with E-state index in [0.29, 0.717) is 28.9 Å². The summed E-state index contributed by atoms with van der Waals surface area (Å²) in [4.78, 5) is 22.8. The van der Waals surface area contributed by atoms with Gasteiger partial charge in [0, 0.05) is 92.8 Å². The van der Waals surface area contributed by atoms with Crippen LogP contribution in [0, 0.1) is 71.1 Å². The first-order valence-corrected chi connectivity index (χ1v) is 26.9. The second-order valence-electron chi connectivity index (χ2n) is 20.1. The summed E-state index contributed by atoms with van der Waals surface area (Å²) >= 11 is 0. The van der Waals surface area contributed by atoms with E-state index in [9.17, 15) is 0 Å². The normalized spacial score (nSPS) is 14.4. The molecule has 2 aromatic heterocycles. The third kappa shape index (κ3) is 12.0. The Kier molecular flexibility index (Phi) is 17.6. The maximum Gasteiger partial charge on any atom is 0.0326 e. The number of fused-ring (bicyclic) bond motifs is 3. The molecule has 0 amide bonds. The predicted molar refractivity (Wildman–Crippen MR) is 313 cm³/mol. The number of benzene rings is 7. The van der Waals surface area contributed by atoms with Crippen LogP contribution in [-0.4, -0.2) is 29.1 Å². The van der Waals surface area contributed by atoms with Crippen LogP contribution in [0.15, 0.2) is 176 Å². The van der Waals surface area contributed by atoms with Crippen LogP contribution < -0.4 is 34.1 Å². The summed E-state index contributed by atoms with van der Waals surface area (Å²) in [6.07, 6.45) is 12.0. The topological polar surface area (TPSA) is 54.5 Å². The van der Waals surface area contributed by atoms with Crippen molar-refractivity contribution in [1.82, 2.24) is 9.97 Å². The predicted octanol–water partition coefficient (Wildman–Crippen LogP) is 16.3. The van der Waals surface area contributed by atoms with Crippen LogP contribution in [0.2, 0.25) is 0 Å². The number of hydrogen-bond acceptors (Lipinski definition) is 9. The first kappa shape index (κ1) is 55.1. The number of hydrogen-bond donors (Lipinski definition) is 0. The average molecular weight is 1390 g/mol. The number of pyridine rings is 2. The molecule has 5 heterocycles. The number of nitrogens with zero attached hydrogens (tertiary/aromatic N) is 8. The number of anilines is 9. The van der Waals surface area contributed by atoms with Crippen molar-refractivity contribution in [3.05, 3.63) is 243 Å². The summed E-state index contributed by atoms with van der Waals surface area (Å²) in [5.41, 5.74) is 17.7. The maximum absolute atomic E-state index is 6.49. The van der Waals surface area contributed by atoms with Gasteiger partial charge in [-0.05, 0) is 125 Å². The van der Waals surface area contributed by atoms with Gasteiger partial charge in [0.1, 0.15) is 0 Å². The quantitative estimate of drug-likeness (QED) is 0.0830. The van der Waals surface area contributed by atoms with E-state index in [1.165, 1.54) is 82.8 Å². The molecule has 9 aromatic rings. The fraction of sp³-hybridized carbons (Fsp3) is 0.191. The third-order valence-corrected chi connectivity index (χ3v) is 14.8. The monoisotopic (exact) mass is 1390 g/mol. The van der Waals surface area contributed by atoms with Crippen LogP contribution in [0.25, 0.3) is 22.5 Å². The van der Waals surface area contributed by atoms with Crippen molar-refractivity contribution >= 4 is 51.2 Å². The minimum Gasteiger partial charge on any atom is -0.510 e. The molecule has 405 valence electrons. The Morgan fingerprint density at radius 2 is 1.04 bits per heavy atom. The minimum atomic E-state index is 0. The smallest absolute Gasteiger partial charge is 0.0326 e. The van der Waals surface area contributed by atoms with Crippen LogP contribution in [0.3, 0.4) is 0 Å². The molecule has 0 spiro atoms. The molecule has 7 aromatic carbocycles. The van der Waals surface area contributed by atoms with E-state index in [-0.39, 0.29) is 41.2 Å². The molecule has 1 aliphatic carbocycles. The molecule has 1 fully saturated rings. The van der Waals surface area contributed by atoms with Gasteiger partial charge in [-0.25, -0.2) is 6.07 Å². The number of aromatic nitrogens is 2. The van der Waals surface area contributed by atoms with E-state index in [1.807, 2.05) is 42.5 Å². The molecule has 79 heavy (non-hydrogen) atoms. The van der Waals surface area contributed by atoms with Gasteiger partial charge in [-0.15, -0.1) is 64.3 Å². The van der Waals surface area contributed by atoms with Crippen molar-refractivity contribution in [1.29, 1.82) is 0 Å². The summed E-state index contributed by atoms with van der Waals surface area (Å²) in [5, 5.41) is 0. The first-order chi connectivity index (χ1) is 37.9. The zero-order chi connectivity index (χ0) is 52.1. The number of unbranched alkanes of at least 4 members (excludes halogenated alkanes) is 1. The van der Waals surface area contributed by atoms with Crippen LogP contribution in [0.1, 0.15) is 61.6 Å². The van der Waals surface area contributed by atoms with E-state index >= 15 is 0 Å². The molecule has 0 N–H and O–H groups in total. The molecular weight excluding hydrogens is 1330 g/mol. The molecule has 4 aliphatic rings. The summed E-state index contributed by atoms with van der Waals surface area (Å²) in [6, 6.07) is 73.6. The van der Waals surface area contributed by atoms with E-state index in [2.05, 4.69) is 232 Å². The van der Waals surface area contributed by atoms with Gasteiger partial charge in [0.05, 0.1) is 0 Å². The molecule has 13 rings (SSSR count). The fourth-order valence-corrected chi connectivity index (χ4v) is 11.3. The zero-order valence-electron chi connectivity index (χ0n) is 44.6. The molecular formula is C68H60IrN8OPt-8. The largest absolute Gasteiger partial charge is 0.510 e. The number of para-hydroxylation sites is 8. The van der Waals surface area contributed by atoms with Gasteiger partial charge in [0.25, 0.3) is 0 Å². The molecule has 0 atom stereocenters. The van der Waals surface area contributed by atoms with Crippen molar-refractivity contribution < 1.29 is 45.9 Å². The van der Waals surface area contributed by atoms with Crippen molar-refractivity contribution in [2.24, 2.45) is 0 Å². The standard InChI is InChI=1S/C38H34N4O.C30H26N4.Ir.Pt/c1-26-19-27(2)38(28(3)20-26)29-21-31(42-25-41(30-11-5-4-6-12-30)36-14-7-8-15-37(36)42)23-33(22-29)43-32-16-18-40-35(24-32)34-13-9-10-17-39-34;1-3-13-25(14-4-1)33-23-31(27-17-7-9-19-29(27)33)21-11-12-22-32-24-34(26-15-5-2-6-16-26)30-20-10-8-18-28(30)32;;/h7-10,14-22,25,30H,4-6,11-12H2,1-3H3;1-10,13,15,17-20,23-24H,11-12,21-22H2;;/q2*-4;;. The van der Waals surface area contributed by atoms with Crippen LogP contribution in [0.5, 0.6) is 11.5 Å². The molecule has 11 heteroatoms. The van der Waals surface area contributed by atoms with E-state index < -0.39 is 0 Å². The van der Waals surface area contributed by atoms with Crippen LogP contribution in [-0.2, 0) is 41.2 Å². The summed E-state index contributed by atoms with van der Waals surface area (Å²) < 4.78 is 6.49. The van der Waals surface area contributed by atoms with Gasteiger partial charge in [0.2, 0.25) is 0 Å². The SMILES string of the molecule is Cc1cc(C)c(-c2cc(Oc3[c-]c(-c4[c-]cccn4)ncc3)[c-]c(N3[CH-]N(C4CCCCC4)c4ccccc43)c2)c(C)c1.[Ir].[Pt].[c-]1ccccc1N1[CH-]N(CCCCN2[CH-]N(c3[c-]cccc3)c3ccccc32)c2ccccc21. The number of aryl methyl sites for hydroxylation is 3. The Morgan fingerprint density at radius 1 is 0.506 bits per heavy atom. The number of ether oxygens (including phenoxy) is 1. The average Bonchev–Trinajstić information content (AvgIpc) is 4.40. The van der Waals surface area contributed by atoms with Gasteiger partial charge >= 0.3 is 0 Å². The van der Waals surface area contributed by atoms with Gasteiger partial charge in [-0.2, -0.15) is 92.8 Å². The molecule has 0 bridgehead atoms. The second-order valence-corrected chi connectivity index (χ2v) is 20.1. The Labute approximate surface area is 495 Å². The van der Waals surface area contributed by atoms with E-state index in [4.69, 9.17) is 4.74 Å². The summed E-state index contributed by atoms with van der Waals surface area (Å²) in [6.45, 7) is 15.2. The number of rotatable bonds is 13. The van der Waals surface area contributed by atoms with Crippen molar-refractivity contribution in [3.8, 4) is 34.0 Å². The van der Waals surface area contributed by atoms with Crippen LogP contribution >= 0.6 is 0 Å². The van der Waals surface area contributed by atoms with Crippen molar-refractivity contribution in [2.45, 2.75) is 71.8 Å². The third-order valence-electron chi connectivity index (χ3n) is 14.8. The van der Waals surface area contributed by atoms with E-state index in [1.54, 1.807) is 12.4 Å². The molecule has 3 aliphatic heterocycles. The van der Waals surface area contributed by atoms with Gasteiger partial charge in [-0.1, -0.05) is 73.4 Å². The zero-order valence-corrected chi connectivity index (χ0v) is 49.2. The van der Waals surface area contributed by atoms with Gasteiger partial charge < -0.3 is 44.1 Å². The Morgan fingerprint density at radius 3 is 1.61 bits per heavy atom. The summed E-state index contributed by atoms with van der Waals surface area (Å²) in [5.74, 6) is 1.17. The van der Waals surface area contributed by atoms with Crippen molar-refractivity contribution in [2.75, 3.05) is 42.5 Å².